The minimum atomic E-state index is -1.85. The summed E-state index contributed by atoms with van der Waals surface area (Å²) in [5.41, 5.74) is 0. The summed E-state index contributed by atoms with van der Waals surface area (Å²) in [5, 5.41) is 2.97. The van der Waals surface area contributed by atoms with Crippen molar-refractivity contribution in [2.24, 2.45) is 5.92 Å². The third kappa shape index (κ3) is 6.55. The van der Waals surface area contributed by atoms with Crippen molar-refractivity contribution >= 4 is 20.2 Å². The Morgan fingerprint density at radius 2 is 1.79 bits per heavy atom. The molecule has 0 saturated heterocycles. The maximum absolute atomic E-state index is 12.2. The van der Waals surface area contributed by atoms with E-state index in [2.05, 4.69) is 39.2 Å². The molecule has 0 spiro atoms. The molecule has 1 aliphatic rings. The molecule has 1 fully saturated rings. The highest BCUT2D eigenvalue weighted by Gasteiger charge is 2.37. The van der Waals surface area contributed by atoms with Crippen LogP contribution >= 0.6 is 0 Å². The molecular weight excluding hydrogens is 322 g/mol. The summed E-state index contributed by atoms with van der Waals surface area (Å²) < 4.78 is 10.9. The maximum Gasteiger partial charge on any atom is 0.328 e. The molecule has 5 nitrogen and oxygen atoms in total. The normalized spacial score (nSPS) is 17.6. The summed E-state index contributed by atoms with van der Waals surface area (Å²) in [7, 11) is -0.497. The Kier molecular flexibility index (Phi) is 7.93. The lowest BCUT2D eigenvalue weighted by Crippen LogP contribution is -2.45. The number of nitrogens with one attached hydrogen (secondary N) is 1. The molecule has 0 aromatic carbocycles. The van der Waals surface area contributed by atoms with Crippen molar-refractivity contribution in [3.05, 3.63) is 0 Å². The fourth-order valence-corrected chi connectivity index (χ4v) is 3.83. The van der Waals surface area contributed by atoms with Crippen LogP contribution in [0.1, 0.15) is 59.3 Å². The first-order chi connectivity index (χ1) is 11.1. The molecule has 6 heteroatoms. The Labute approximate surface area is 148 Å². The van der Waals surface area contributed by atoms with Gasteiger partial charge < -0.3 is 14.5 Å². The fourth-order valence-electron chi connectivity index (χ4n) is 2.77. The van der Waals surface area contributed by atoms with Gasteiger partial charge in [0.1, 0.15) is 6.04 Å². The molecule has 0 aliphatic heterocycles. The van der Waals surface area contributed by atoms with Crippen LogP contribution < -0.4 is 5.32 Å². The highest BCUT2D eigenvalue weighted by molar-refractivity contribution is 6.74. The minimum Gasteiger partial charge on any atom is -0.467 e. The zero-order chi connectivity index (χ0) is 18.4. The van der Waals surface area contributed by atoms with Crippen LogP contribution in [0.25, 0.3) is 0 Å². The van der Waals surface area contributed by atoms with E-state index < -0.39 is 20.3 Å². The Bertz CT molecular complexity index is 425. The van der Waals surface area contributed by atoms with Gasteiger partial charge in [0.25, 0.3) is 0 Å². The first kappa shape index (κ1) is 21.2. The van der Waals surface area contributed by atoms with Crippen LogP contribution in [-0.4, -0.2) is 40.0 Å². The van der Waals surface area contributed by atoms with Gasteiger partial charge in [-0.15, -0.1) is 0 Å². The Morgan fingerprint density at radius 1 is 1.21 bits per heavy atom. The average Bonchev–Trinajstić information content (AvgIpc) is 2.96. The van der Waals surface area contributed by atoms with Gasteiger partial charge in [0.05, 0.1) is 7.11 Å². The monoisotopic (exact) mass is 357 g/mol. The van der Waals surface area contributed by atoms with E-state index in [1.807, 2.05) is 0 Å². The third-order valence-electron chi connectivity index (χ3n) is 5.45. The zero-order valence-corrected chi connectivity index (χ0v) is 17.2. The first-order valence-electron chi connectivity index (χ1n) is 9.08. The van der Waals surface area contributed by atoms with Gasteiger partial charge in [-0.05, 0) is 36.9 Å². The van der Waals surface area contributed by atoms with Crippen LogP contribution in [0.4, 0.5) is 0 Å². The Hall–Kier alpha value is -0.883. The predicted molar refractivity (Wildman–Crippen MR) is 98.3 cm³/mol. The van der Waals surface area contributed by atoms with E-state index in [9.17, 15) is 9.59 Å². The highest BCUT2D eigenvalue weighted by Crippen LogP contribution is 2.36. The van der Waals surface area contributed by atoms with Gasteiger partial charge in [-0.25, -0.2) is 4.79 Å². The lowest BCUT2D eigenvalue weighted by Gasteiger charge is -2.36. The second-order valence-electron chi connectivity index (χ2n) is 8.40. The number of hydrogen-bond acceptors (Lipinski definition) is 4. The van der Waals surface area contributed by atoms with Crippen LogP contribution in [0.3, 0.4) is 0 Å². The van der Waals surface area contributed by atoms with Gasteiger partial charge in [0, 0.05) is 19.4 Å². The lowest BCUT2D eigenvalue weighted by molar-refractivity contribution is -0.145. The van der Waals surface area contributed by atoms with E-state index in [0.29, 0.717) is 25.4 Å². The molecule has 1 aliphatic carbocycles. The van der Waals surface area contributed by atoms with E-state index in [-0.39, 0.29) is 10.9 Å². The highest BCUT2D eigenvalue weighted by atomic mass is 28.4. The van der Waals surface area contributed by atoms with Crippen molar-refractivity contribution in [1.29, 1.82) is 0 Å². The summed E-state index contributed by atoms with van der Waals surface area (Å²) in [6, 6.07) is -0.617. The molecular formula is C18H35NO4Si. The molecule has 140 valence electrons. The summed E-state index contributed by atoms with van der Waals surface area (Å²) in [5.74, 6) is 0.0185. The predicted octanol–water partition coefficient (Wildman–Crippen LogP) is 3.64. The van der Waals surface area contributed by atoms with E-state index in [1.165, 1.54) is 20.0 Å². The van der Waals surface area contributed by atoms with Crippen molar-refractivity contribution < 1.29 is 18.8 Å². The van der Waals surface area contributed by atoms with Gasteiger partial charge >= 0.3 is 5.97 Å². The number of esters is 1. The number of carbonyl (C=O) groups excluding carboxylic acids is 2. The van der Waals surface area contributed by atoms with Gasteiger partial charge in [0.2, 0.25) is 5.91 Å². The van der Waals surface area contributed by atoms with Gasteiger partial charge in [-0.1, -0.05) is 33.6 Å². The molecule has 0 unspecified atom stereocenters. The molecule has 1 saturated carbocycles. The van der Waals surface area contributed by atoms with E-state index >= 15 is 0 Å². The van der Waals surface area contributed by atoms with Crippen LogP contribution in [0.15, 0.2) is 0 Å². The molecule has 0 radical (unpaired) electrons. The number of rotatable bonds is 8. The zero-order valence-electron chi connectivity index (χ0n) is 16.2. The first-order valence-corrected chi connectivity index (χ1v) is 12.0. The molecule has 0 bridgehead atoms. The number of hydrogen-bond donors (Lipinski definition) is 1. The molecule has 24 heavy (non-hydrogen) atoms. The van der Waals surface area contributed by atoms with Crippen LogP contribution in [0, 0.1) is 5.92 Å². The van der Waals surface area contributed by atoms with Crippen molar-refractivity contribution in [1.82, 2.24) is 5.32 Å². The second-order valence-corrected chi connectivity index (χ2v) is 13.2. The number of carbonyl (C=O) groups is 2. The molecule has 0 heterocycles. The van der Waals surface area contributed by atoms with E-state index in [4.69, 9.17) is 9.16 Å². The van der Waals surface area contributed by atoms with Crippen molar-refractivity contribution in [2.75, 3.05) is 13.7 Å². The fraction of sp³-hybridized carbons (Fsp3) is 0.889. The minimum absolute atomic E-state index is 0.0513. The number of amides is 1. The molecule has 1 amide bonds. The van der Waals surface area contributed by atoms with Gasteiger partial charge in [-0.3, -0.25) is 4.79 Å². The average molecular weight is 358 g/mol. The lowest BCUT2D eigenvalue weighted by atomic mass is 10.0. The standard InChI is InChI=1S/C18H35NO4Si/c1-18(2,3)24(5,6)23-12-11-15(17(21)22-4)19-16(20)13-14-9-7-8-10-14/h14-15H,7-13H2,1-6H3,(H,19,20)/t15-/m1/s1. The molecule has 0 aromatic rings. The summed E-state index contributed by atoms with van der Waals surface area (Å²) in [6.45, 7) is 11.4. The second kappa shape index (κ2) is 8.99. The van der Waals surface area contributed by atoms with Crippen molar-refractivity contribution in [3.63, 3.8) is 0 Å². The quantitative estimate of drug-likeness (QED) is 0.532. The molecule has 1 rings (SSSR count). The molecule has 1 atom stereocenters. The van der Waals surface area contributed by atoms with Crippen molar-refractivity contribution in [2.45, 2.75) is 83.5 Å². The Morgan fingerprint density at radius 3 is 2.29 bits per heavy atom. The Balaban J connectivity index is 2.50. The van der Waals surface area contributed by atoms with Crippen LogP contribution in [0.2, 0.25) is 18.1 Å². The molecule has 1 N–H and O–H groups in total. The summed E-state index contributed by atoms with van der Waals surface area (Å²) >= 11 is 0. The topological polar surface area (TPSA) is 64.6 Å². The van der Waals surface area contributed by atoms with E-state index in [0.717, 1.165) is 12.8 Å². The number of ether oxygens (including phenoxy) is 1. The van der Waals surface area contributed by atoms with Crippen LogP contribution in [0.5, 0.6) is 0 Å². The smallest absolute Gasteiger partial charge is 0.328 e. The molecule has 0 aromatic heterocycles. The third-order valence-corrected chi connectivity index (χ3v) is 9.98. The number of methoxy groups -OCH3 is 1. The summed E-state index contributed by atoms with van der Waals surface area (Å²) in [6.07, 6.45) is 5.61. The van der Waals surface area contributed by atoms with E-state index in [1.54, 1.807) is 0 Å². The maximum atomic E-state index is 12.2. The SMILES string of the molecule is COC(=O)[C@@H](CCO[Si](C)(C)C(C)(C)C)NC(=O)CC1CCCC1. The largest absolute Gasteiger partial charge is 0.467 e. The van der Waals surface area contributed by atoms with Crippen molar-refractivity contribution in [3.8, 4) is 0 Å². The van der Waals surface area contributed by atoms with Gasteiger partial charge in [0.15, 0.2) is 8.32 Å². The van der Waals surface area contributed by atoms with Gasteiger partial charge in [-0.2, -0.15) is 0 Å². The van der Waals surface area contributed by atoms with Crippen LogP contribution in [-0.2, 0) is 18.8 Å². The summed E-state index contributed by atoms with van der Waals surface area (Å²) in [4.78, 5) is 24.2.